The van der Waals surface area contributed by atoms with E-state index in [-0.39, 0.29) is 24.4 Å². The zero-order valence-electron chi connectivity index (χ0n) is 21.4. The van der Waals surface area contributed by atoms with E-state index < -0.39 is 22.1 Å². The van der Waals surface area contributed by atoms with E-state index in [1.165, 1.54) is 16.7 Å². The zero-order chi connectivity index (χ0) is 26.3. The summed E-state index contributed by atoms with van der Waals surface area (Å²) in [5.41, 5.74) is 12.8. The van der Waals surface area contributed by atoms with Crippen LogP contribution in [0.1, 0.15) is 45.5 Å². The summed E-state index contributed by atoms with van der Waals surface area (Å²) in [4.78, 5) is 0.226. The van der Waals surface area contributed by atoms with E-state index in [2.05, 4.69) is 23.8 Å². The molecule has 0 aromatic heterocycles. The van der Waals surface area contributed by atoms with Crippen molar-refractivity contribution in [1.29, 1.82) is 0 Å². The van der Waals surface area contributed by atoms with Gasteiger partial charge in [-0.2, -0.15) is 0 Å². The SMILES string of the molecule is Cc1cc(C)c(Cl)c(C)c1.Cc1ccc(S(=O)(=O)N[C@@H](c2ccccc2)[C@@H](N)c2ccccc2)cc1.[Ru]. The third kappa shape index (κ3) is 8.59. The number of aryl methyl sites for hydroxylation is 4. The number of benzene rings is 4. The normalized spacial score (nSPS) is 12.5. The van der Waals surface area contributed by atoms with Gasteiger partial charge >= 0.3 is 0 Å². The van der Waals surface area contributed by atoms with E-state index in [0.29, 0.717) is 0 Å². The van der Waals surface area contributed by atoms with Gasteiger partial charge in [-0.3, -0.25) is 0 Å². The van der Waals surface area contributed by atoms with Crippen LogP contribution in [0.5, 0.6) is 0 Å². The van der Waals surface area contributed by atoms with Gasteiger partial charge in [-0.25, -0.2) is 13.1 Å². The Hall–Kier alpha value is -2.34. The molecule has 4 nitrogen and oxygen atoms in total. The molecule has 0 aliphatic carbocycles. The van der Waals surface area contributed by atoms with Gasteiger partial charge < -0.3 is 5.73 Å². The third-order valence-corrected chi connectivity index (χ3v) is 7.95. The van der Waals surface area contributed by atoms with E-state index in [9.17, 15) is 8.42 Å². The molecule has 4 aromatic rings. The molecule has 0 spiro atoms. The third-order valence-electron chi connectivity index (χ3n) is 5.90. The van der Waals surface area contributed by atoms with Crippen molar-refractivity contribution in [1.82, 2.24) is 4.72 Å². The molecule has 0 saturated heterocycles. The minimum Gasteiger partial charge on any atom is -0.322 e. The predicted molar refractivity (Wildman–Crippen MR) is 150 cm³/mol. The van der Waals surface area contributed by atoms with Crippen molar-refractivity contribution in [3.05, 3.63) is 135 Å². The summed E-state index contributed by atoms with van der Waals surface area (Å²) in [5.74, 6) is 0. The van der Waals surface area contributed by atoms with Crippen LogP contribution in [0.25, 0.3) is 0 Å². The summed E-state index contributed by atoms with van der Waals surface area (Å²) in [6, 6.07) is 28.8. The van der Waals surface area contributed by atoms with Gasteiger partial charge in [0, 0.05) is 24.5 Å². The summed E-state index contributed by atoms with van der Waals surface area (Å²) in [6.45, 7) is 8.06. The fourth-order valence-corrected chi connectivity index (χ4v) is 5.35. The molecule has 0 radical (unpaired) electrons. The molecule has 3 N–H and O–H groups in total. The van der Waals surface area contributed by atoms with Crippen LogP contribution in [0.4, 0.5) is 0 Å². The van der Waals surface area contributed by atoms with E-state index in [4.69, 9.17) is 17.3 Å². The van der Waals surface area contributed by atoms with Gasteiger partial charge in [0.15, 0.2) is 0 Å². The van der Waals surface area contributed by atoms with Crippen molar-refractivity contribution in [3.8, 4) is 0 Å². The number of nitrogens with one attached hydrogen (secondary N) is 1. The van der Waals surface area contributed by atoms with E-state index >= 15 is 0 Å². The molecule has 0 heterocycles. The molecule has 37 heavy (non-hydrogen) atoms. The molecule has 196 valence electrons. The Morgan fingerprint density at radius 2 is 1.16 bits per heavy atom. The Bertz CT molecular complexity index is 1360. The maximum absolute atomic E-state index is 12.9. The summed E-state index contributed by atoms with van der Waals surface area (Å²) in [6.07, 6.45) is 0. The quantitative estimate of drug-likeness (QED) is 0.228. The van der Waals surface area contributed by atoms with Crippen LogP contribution in [-0.4, -0.2) is 8.42 Å². The molecule has 4 rings (SSSR count). The molecule has 0 amide bonds. The number of rotatable bonds is 6. The van der Waals surface area contributed by atoms with Crippen LogP contribution < -0.4 is 10.5 Å². The second-order valence-corrected chi connectivity index (χ2v) is 11.1. The van der Waals surface area contributed by atoms with Crippen LogP contribution in [0.3, 0.4) is 0 Å². The molecule has 2 atom stereocenters. The van der Waals surface area contributed by atoms with Gasteiger partial charge in [-0.15, -0.1) is 0 Å². The fraction of sp³-hybridized carbons (Fsp3) is 0.200. The monoisotopic (exact) mass is 622 g/mol. The molecule has 0 aliphatic heterocycles. The number of hydrogen-bond donors (Lipinski definition) is 2. The van der Waals surface area contributed by atoms with Crippen molar-refractivity contribution in [2.24, 2.45) is 5.73 Å². The van der Waals surface area contributed by atoms with Gasteiger partial charge in [0.2, 0.25) is 10.0 Å². The summed E-state index contributed by atoms with van der Waals surface area (Å²) < 4.78 is 28.6. The van der Waals surface area contributed by atoms with Gasteiger partial charge in [0.1, 0.15) is 0 Å². The predicted octanol–water partition coefficient (Wildman–Crippen LogP) is 6.98. The van der Waals surface area contributed by atoms with Crippen LogP contribution in [0.2, 0.25) is 5.02 Å². The number of nitrogens with two attached hydrogens (primary N) is 1. The molecule has 0 unspecified atom stereocenters. The Labute approximate surface area is 239 Å². The first-order valence-corrected chi connectivity index (χ1v) is 13.6. The molecular weight excluding hydrogens is 589 g/mol. The second-order valence-electron chi connectivity index (χ2n) is 8.97. The van der Waals surface area contributed by atoms with Gasteiger partial charge in [0.25, 0.3) is 0 Å². The van der Waals surface area contributed by atoms with Crippen molar-refractivity contribution < 1.29 is 27.9 Å². The second kappa shape index (κ2) is 14.0. The fourth-order valence-electron chi connectivity index (χ4n) is 3.99. The maximum Gasteiger partial charge on any atom is 0.241 e. The first kappa shape index (κ1) is 30.9. The Morgan fingerprint density at radius 1 is 0.703 bits per heavy atom. The molecule has 0 bridgehead atoms. The van der Waals surface area contributed by atoms with Gasteiger partial charge in [-0.05, 0) is 62.1 Å². The minimum atomic E-state index is -3.71. The minimum absolute atomic E-state index is 0. The zero-order valence-corrected chi connectivity index (χ0v) is 24.7. The maximum atomic E-state index is 12.9. The Balaban J connectivity index is 0.000000369. The van der Waals surface area contributed by atoms with Gasteiger partial charge in [-0.1, -0.05) is 108 Å². The number of sulfonamides is 1. The van der Waals surface area contributed by atoms with Gasteiger partial charge in [0.05, 0.1) is 17.0 Å². The summed E-state index contributed by atoms with van der Waals surface area (Å²) in [5, 5.41) is 0.894. The van der Waals surface area contributed by atoms with E-state index in [0.717, 1.165) is 21.7 Å². The largest absolute Gasteiger partial charge is 0.322 e. The van der Waals surface area contributed by atoms with Crippen molar-refractivity contribution in [3.63, 3.8) is 0 Å². The molecular formula is C30H33ClN2O2RuS. The van der Waals surface area contributed by atoms with Crippen LogP contribution in [-0.2, 0) is 29.5 Å². The van der Waals surface area contributed by atoms with Crippen molar-refractivity contribution in [2.45, 2.75) is 44.7 Å². The van der Waals surface area contributed by atoms with Crippen molar-refractivity contribution >= 4 is 21.6 Å². The average molecular weight is 622 g/mol. The first-order chi connectivity index (χ1) is 17.1. The van der Waals surface area contributed by atoms with Crippen molar-refractivity contribution in [2.75, 3.05) is 0 Å². The Kier molecular flexibility index (Phi) is 11.7. The number of hydrogen-bond acceptors (Lipinski definition) is 3. The van der Waals surface area contributed by atoms with Crippen LogP contribution >= 0.6 is 11.6 Å². The molecule has 0 fully saturated rings. The molecule has 0 aliphatic rings. The van der Waals surface area contributed by atoms with E-state index in [1.54, 1.807) is 24.3 Å². The van der Waals surface area contributed by atoms with Crippen LogP contribution in [0.15, 0.2) is 102 Å². The summed E-state index contributed by atoms with van der Waals surface area (Å²) in [7, 11) is -3.71. The standard InChI is InChI=1S/C21H22N2O2S.C9H11Cl.Ru/c1-16-12-14-19(15-13-16)26(24,25)23-21(18-10-6-3-7-11-18)20(22)17-8-4-2-5-9-17;1-6-4-7(2)9(10)8(3)5-6;/h2-15,20-21,23H,22H2,1H3;4-5H,1-3H3;/t20-,21-;;/m0../s1. The van der Waals surface area contributed by atoms with E-state index in [1.807, 2.05) is 81.4 Å². The molecule has 4 aromatic carbocycles. The number of halogens is 1. The molecule has 0 saturated carbocycles. The van der Waals surface area contributed by atoms with Crippen LogP contribution in [0, 0.1) is 27.7 Å². The topological polar surface area (TPSA) is 72.2 Å². The molecule has 7 heteroatoms. The first-order valence-electron chi connectivity index (χ1n) is 11.8. The smallest absolute Gasteiger partial charge is 0.241 e. The average Bonchev–Trinajstić information content (AvgIpc) is 2.87. The Morgan fingerprint density at radius 3 is 1.65 bits per heavy atom. The summed E-state index contributed by atoms with van der Waals surface area (Å²) >= 11 is 5.95.